The molecule has 1 fully saturated rings. The third-order valence-electron chi connectivity index (χ3n) is 4.17. The maximum Gasteiger partial charge on any atom is 0.408 e. The number of alkyl carbamates (subject to hydrolysis) is 1. The number of nitrogens with one attached hydrogen (secondary N) is 1. The predicted octanol–water partition coefficient (Wildman–Crippen LogP) is 4.19. The molecule has 1 aliphatic heterocycles. The number of fused-ring (bicyclic) bond motifs is 1. The van der Waals surface area contributed by atoms with Gasteiger partial charge in [0.1, 0.15) is 11.9 Å². The highest BCUT2D eigenvalue weighted by Gasteiger charge is 2.34. The number of carbonyl (C=O) groups excluding carboxylic acids is 1. The van der Waals surface area contributed by atoms with Crippen LogP contribution in [-0.2, 0) is 4.74 Å². The van der Waals surface area contributed by atoms with Crippen LogP contribution in [0.2, 0.25) is 0 Å². The van der Waals surface area contributed by atoms with E-state index in [0.717, 1.165) is 41.3 Å². The van der Waals surface area contributed by atoms with Crippen LogP contribution in [0.25, 0.3) is 10.8 Å². The van der Waals surface area contributed by atoms with Gasteiger partial charge in [-0.05, 0) is 41.0 Å². The first kappa shape index (κ1) is 14.7. The Hall–Kier alpha value is -2.23. The summed E-state index contributed by atoms with van der Waals surface area (Å²) in [6, 6.07) is 12.2. The Morgan fingerprint density at radius 1 is 1.18 bits per heavy atom. The molecule has 116 valence electrons. The zero-order chi connectivity index (χ0) is 15.5. The fourth-order valence-electron chi connectivity index (χ4n) is 2.95. The first-order valence-corrected chi connectivity index (χ1v) is 7.76. The van der Waals surface area contributed by atoms with Gasteiger partial charge in [0.05, 0.1) is 13.2 Å². The predicted molar refractivity (Wildman–Crippen MR) is 86.2 cm³/mol. The summed E-state index contributed by atoms with van der Waals surface area (Å²) in [5, 5.41) is 5.16. The minimum atomic E-state index is -0.319. The summed E-state index contributed by atoms with van der Waals surface area (Å²) in [6.45, 7) is 2.15. The summed E-state index contributed by atoms with van der Waals surface area (Å²) in [6.07, 6.45) is 2.60. The molecule has 2 aromatic carbocycles. The van der Waals surface area contributed by atoms with E-state index in [4.69, 9.17) is 9.47 Å². The lowest BCUT2D eigenvalue weighted by molar-refractivity contribution is 0.131. The van der Waals surface area contributed by atoms with Crippen molar-refractivity contribution < 1.29 is 14.3 Å². The highest BCUT2D eigenvalue weighted by atomic mass is 16.6. The molecule has 2 aromatic rings. The zero-order valence-corrected chi connectivity index (χ0v) is 13.0. The molecule has 0 spiro atoms. The van der Waals surface area contributed by atoms with E-state index in [2.05, 4.69) is 24.4 Å². The molecule has 0 aromatic heterocycles. The summed E-state index contributed by atoms with van der Waals surface area (Å²) in [5.41, 5.74) is 1.04. The molecule has 1 amide bonds. The lowest BCUT2D eigenvalue weighted by Gasteiger charge is -2.17. The van der Waals surface area contributed by atoms with Gasteiger partial charge in [0, 0.05) is 0 Å². The Bertz CT molecular complexity index is 683. The molecular formula is C18H21NO3. The number of rotatable bonds is 5. The van der Waals surface area contributed by atoms with Crippen molar-refractivity contribution in [2.24, 2.45) is 0 Å². The Morgan fingerprint density at radius 3 is 2.73 bits per heavy atom. The van der Waals surface area contributed by atoms with Crippen LogP contribution in [-0.4, -0.2) is 19.2 Å². The number of hydrogen-bond acceptors (Lipinski definition) is 3. The minimum absolute atomic E-state index is 0.0585. The Labute approximate surface area is 130 Å². The van der Waals surface area contributed by atoms with Gasteiger partial charge in [-0.15, -0.1) is 0 Å². The van der Waals surface area contributed by atoms with Gasteiger partial charge < -0.3 is 14.8 Å². The summed E-state index contributed by atoms with van der Waals surface area (Å²) in [5.74, 6) is 0.843. The number of carbonyl (C=O) groups is 1. The molecule has 0 radical (unpaired) electrons. The molecule has 4 heteroatoms. The quantitative estimate of drug-likeness (QED) is 0.900. The Kier molecular flexibility index (Phi) is 4.18. The van der Waals surface area contributed by atoms with E-state index < -0.39 is 0 Å². The number of methoxy groups -OCH3 is 1. The first-order chi connectivity index (χ1) is 10.7. The summed E-state index contributed by atoms with van der Waals surface area (Å²) >= 11 is 0. The highest BCUT2D eigenvalue weighted by molar-refractivity contribution is 5.85. The van der Waals surface area contributed by atoms with Crippen LogP contribution in [0.3, 0.4) is 0 Å². The number of ether oxygens (including phenoxy) is 2. The molecule has 1 aliphatic rings. The molecule has 0 unspecified atom stereocenters. The van der Waals surface area contributed by atoms with Crippen molar-refractivity contribution in [2.45, 2.75) is 38.3 Å². The monoisotopic (exact) mass is 299 g/mol. The lowest BCUT2D eigenvalue weighted by atomic mass is 9.96. The number of unbranched alkanes of at least 4 members (excludes halogenated alkanes) is 1. The maximum atomic E-state index is 11.6. The topological polar surface area (TPSA) is 47.6 Å². The second kappa shape index (κ2) is 6.26. The fraction of sp³-hybridized carbons (Fsp3) is 0.389. The standard InChI is InChI=1S/C18H21NO3/c1-3-4-5-16-17(22-18(20)19-16)14-7-6-13-11-15(21-2)9-8-12(13)10-14/h6-11,16-17H,3-5H2,1-2H3,(H,19,20)/t16-,17+/m0/s1. The second-order valence-electron chi connectivity index (χ2n) is 5.69. The van der Waals surface area contributed by atoms with E-state index in [1.165, 1.54) is 0 Å². The summed E-state index contributed by atoms with van der Waals surface area (Å²) < 4.78 is 10.7. The largest absolute Gasteiger partial charge is 0.497 e. The normalized spacial score (nSPS) is 20.7. The van der Waals surface area contributed by atoms with Crippen LogP contribution in [0.1, 0.15) is 37.9 Å². The van der Waals surface area contributed by atoms with Gasteiger partial charge in [-0.2, -0.15) is 0 Å². The van der Waals surface area contributed by atoms with Crippen molar-refractivity contribution in [1.82, 2.24) is 5.32 Å². The second-order valence-corrected chi connectivity index (χ2v) is 5.69. The number of amides is 1. The number of hydrogen-bond donors (Lipinski definition) is 1. The average Bonchev–Trinajstić information content (AvgIpc) is 2.92. The average molecular weight is 299 g/mol. The number of benzene rings is 2. The maximum absolute atomic E-state index is 11.6. The third kappa shape index (κ3) is 2.86. The van der Waals surface area contributed by atoms with Gasteiger partial charge >= 0.3 is 6.09 Å². The van der Waals surface area contributed by atoms with Gasteiger partial charge in [-0.25, -0.2) is 4.79 Å². The van der Waals surface area contributed by atoms with E-state index in [-0.39, 0.29) is 18.2 Å². The summed E-state index contributed by atoms with van der Waals surface area (Å²) in [4.78, 5) is 11.6. The van der Waals surface area contributed by atoms with Crippen molar-refractivity contribution in [2.75, 3.05) is 7.11 Å². The van der Waals surface area contributed by atoms with Crippen molar-refractivity contribution >= 4 is 16.9 Å². The molecule has 0 aliphatic carbocycles. The molecule has 1 N–H and O–H groups in total. The van der Waals surface area contributed by atoms with Crippen molar-refractivity contribution in [3.05, 3.63) is 42.0 Å². The molecule has 3 rings (SSSR count). The molecule has 0 bridgehead atoms. The van der Waals surface area contributed by atoms with Crippen molar-refractivity contribution in [3.63, 3.8) is 0 Å². The molecule has 0 saturated carbocycles. The first-order valence-electron chi connectivity index (χ1n) is 7.76. The van der Waals surface area contributed by atoms with Crippen LogP contribution < -0.4 is 10.1 Å². The Morgan fingerprint density at radius 2 is 1.95 bits per heavy atom. The lowest BCUT2D eigenvalue weighted by Crippen LogP contribution is -2.27. The van der Waals surface area contributed by atoms with Crippen LogP contribution >= 0.6 is 0 Å². The smallest absolute Gasteiger partial charge is 0.408 e. The summed E-state index contributed by atoms with van der Waals surface area (Å²) in [7, 11) is 1.66. The number of cyclic esters (lactones) is 1. The van der Waals surface area contributed by atoms with Gasteiger partial charge in [0.15, 0.2) is 0 Å². The third-order valence-corrected chi connectivity index (χ3v) is 4.17. The van der Waals surface area contributed by atoms with E-state index in [9.17, 15) is 4.79 Å². The van der Waals surface area contributed by atoms with Gasteiger partial charge in [0.25, 0.3) is 0 Å². The van der Waals surface area contributed by atoms with Gasteiger partial charge in [0.2, 0.25) is 0 Å². The van der Waals surface area contributed by atoms with E-state index in [1.807, 2.05) is 24.3 Å². The molecule has 2 atom stereocenters. The molecule has 22 heavy (non-hydrogen) atoms. The highest BCUT2D eigenvalue weighted by Crippen LogP contribution is 2.32. The van der Waals surface area contributed by atoms with Gasteiger partial charge in [-0.1, -0.05) is 38.0 Å². The van der Waals surface area contributed by atoms with Crippen molar-refractivity contribution in [3.8, 4) is 5.75 Å². The SMILES string of the molecule is CCCC[C@@H]1NC(=O)O[C@@H]1c1ccc2cc(OC)ccc2c1. The van der Waals surface area contributed by atoms with Gasteiger partial charge in [-0.3, -0.25) is 0 Å². The van der Waals surface area contributed by atoms with Crippen LogP contribution in [0, 0.1) is 0 Å². The molecular weight excluding hydrogens is 278 g/mol. The molecule has 4 nitrogen and oxygen atoms in total. The zero-order valence-electron chi connectivity index (χ0n) is 13.0. The van der Waals surface area contributed by atoms with E-state index in [0.29, 0.717) is 0 Å². The van der Waals surface area contributed by atoms with Crippen LogP contribution in [0.15, 0.2) is 36.4 Å². The minimum Gasteiger partial charge on any atom is -0.497 e. The van der Waals surface area contributed by atoms with Crippen molar-refractivity contribution in [1.29, 1.82) is 0 Å². The van der Waals surface area contributed by atoms with E-state index in [1.54, 1.807) is 7.11 Å². The molecule has 1 heterocycles. The fourth-order valence-corrected chi connectivity index (χ4v) is 2.95. The van der Waals surface area contributed by atoms with Crippen LogP contribution in [0.4, 0.5) is 4.79 Å². The molecule has 1 saturated heterocycles. The Balaban J connectivity index is 1.89. The van der Waals surface area contributed by atoms with Crippen LogP contribution in [0.5, 0.6) is 5.75 Å². The van der Waals surface area contributed by atoms with E-state index >= 15 is 0 Å².